The Kier molecular flexibility index (Phi) is 4.34. The molecule has 25 heavy (non-hydrogen) atoms. The van der Waals surface area contributed by atoms with Crippen LogP contribution in [0.2, 0.25) is 0 Å². The third-order valence-electron chi connectivity index (χ3n) is 4.83. The largest absolute Gasteiger partial charge is 0.325 e. The lowest BCUT2D eigenvalue weighted by molar-refractivity contribution is 0.655. The smallest absolute Gasteiger partial charge is 0.263 e. The minimum Gasteiger partial charge on any atom is -0.325 e. The summed E-state index contributed by atoms with van der Waals surface area (Å²) >= 11 is 1.70. The van der Waals surface area contributed by atoms with Gasteiger partial charge in [-0.3, -0.25) is 9.36 Å². The first-order valence-corrected chi connectivity index (χ1v) is 9.88. The zero-order valence-electron chi connectivity index (χ0n) is 14.8. The first-order chi connectivity index (χ1) is 12.2. The molecule has 1 aliphatic rings. The highest BCUT2D eigenvalue weighted by atomic mass is 32.1. The van der Waals surface area contributed by atoms with Crippen molar-refractivity contribution in [3.63, 3.8) is 0 Å². The quantitative estimate of drug-likeness (QED) is 0.733. The second-order valence-electron chi connectivity index (χ2n) is 6.77. The number of hydrogen-bond acceptors (Lipinski definition) is 4. The third-order valence-corrected chi connectivity index (χ3v) is 6.02. The van der Waals surface area contributed by atoms with Crippen molar-refractivity contribution in [3.8, 4) is 0 Å². The van der Waals surface area contributed by atoms with Crippen LogP contribution in [-0.2, 0) is 19.4 Å². The van der Waals surface area contributed by atoms with Crippen molar-refractivity contribution < 1.29 is 0 Å². The number of aromatic nitrogens is 2. The van der Waals surface area contributed by atoms with Crippen molar-refractivity contribution in [2.24, 2.45) is 0 Å². The van der Waals surface area contributed by atoms with Gasteiger partial charge in [0.1, 0.15) is 4.83 Å². The minimum absolute atomic E-state index is 0.112. The van der Waals surface area contributed by atoms with Crippen LogP contribution < -0.4 is 10.9 Å². The number of aryl methyl sites for hydroxylation is 3. The second-order valence-corrected chi connectivity index (χ2v) is 7.86. The summed E-state index contributed by atoms with van der Waals surface area (Å²) in [5.41, 5.74) is 3.55. The standard InChI is InChI=1S/C20H23N3OS/c1-3-12-23-19(24)17-15-6-4-5-7-16(15)25-18(17)22-20(23)21-14-10-8-13(2)9-11-14/h8-11H,3-7,12H2,1-2H3,(H,21,22). The van der Waals surface area contributed by atoms with E-state index >= 15 is 0 Å². The number of nitrogens with one attached hydrogen (secondary N) is 1. The summed E-state index contributed by atoms with van der Waals surface area (Å²) in [6.07, 6.45) is 5.41. The number of rotatable bonds is 4. The van der Waals surface area contributed by atoms with E-state index in [-0.39, 0.29) is 5.56 Å². The summed E-state index contributed by atoms with van der Waals surface area (Å²) < 4.78 is 1.81. The van der Waals surface area contributed by atoms with Gasteiger partial charge in [0.25, 0.3) is 5.56 Å². The van der Waals surface area contributed by atoms with Gasteiger partial charge in [0, 0.05) is 17.1 Å². The Labute approximate surface area is 151 Å². The molecule has 0 saturated carbocycles. The van der Waals surface area contributed by atoms with Crippen LogP contribution in [-0.4, -0.2) is 9.55 Å². The third kappa shape index (κ3) is 2.97. The highest BCUT2D eigenvalue weighted by molar-refractivity contribution is 7.18. The van der Waals surface area contributed by atoms with E-state index < -0.39 is 0 Å². The van der Waals surface area contributed by atoms with Crippen LogP contribution in [0.25, 0.3) is 10.2 Å². The Balaban J connectivity index is 1.86. The van der Waals surface area contributed by atoms with E-state index in [1.165, 1.54) is 28.8 Å². The predicted octanol–water partition coefficient (Wildman–Crippen LogP) is 4.80. The van der Waals surface area contributed by atoms with Crippen molar-refractivity contribution >= 4 is 33.2 Å². The summed E-state index contributed by atoms with van der Waals surface area (Å²) in [5.74, 6) is 0.654. The number of fused-ring (bicyclic) bond motifs is 3. The van der Waals surface area contributed by atoms with Crippen molar-refractivity contribution in [1.29, 1.82) is 0 Å². The van der Waals surface area contributed by atoms with Crippen molar-refractivity contribution in [3.05, 3.63) is 50.6 Å². The molecule has 0 saturated heterocycles. The fraction of sp³-hybridized carbons (Fsp3) is 0.400. The van der Waals surface area contributed by atoms with E-state index in [1.54, 1.807) is 11.3 Å². The maximum absolute atomic E-state index is 13.2. The van der Waals surface area contributed by atoms with Crippen molar-refractivity contribution in [2.75, 3.05) is 5.32 Å². The van der Waals surface area contributed by atoms with E-state index in [2.05, 4.69) is 31.3 Å². The van der Waals surface area contributed by atoms with Gasteiger partial charge in [-0.15, -0.1) is 11.3 Å². The minimum atomic E-state index is 0.112. The van der Waals surface area contributed by atoms with Crippen LogP contribution in [0.5, 0.6) is 0 Å². The van der Waals surface area contributed by atoms with Crippen LogP contribution in [0.1, 0.15) is 42.2 Å². The number of benzene rings is 1. The molecule has 0 fully saturated rings. The normalized spacial score (nSPS) is 13.8. The Hall–Kier alpha value is -2.14. The zero-order chi connectivity index (χ0) is 17.4. The first-order valence-electron chi connectivity index (χ1n) is 9.06. The highest BCUT2D eigenvalue weighted by Gasteiger charge is 2.21. The van der Waals surface area contributed by atoms with Gasteiger partial charge >= 0.3 is 0 Å². The van der Waals surface area contributed by atoms with Gasteiger partial charge in [-0.1, -0.05) is 24.6 Å². The molecule has 0 atom stereocenters. The number of thiophene rings is 1. The average Bonchev–Trinajstić information content (AvgIpc) is 2.98. The van der Waals surface area contributed by atoms with Gasteiger partial charge in [0.05, 0.1) is 5.39 Å². The monoisotopic (exact) mass is 353 g/mol. The molecular formula is C20H23N3OS. The van der Waals surface area contributed by atoms with Crippen LogP contribution in [0.3, 0.4) is 0 Å². The second kappa shape index (κ2) is 6.64. The van der Waals surface area contributed by atoms with E-state index in [9.17, 15) is 4.79 Å². The summed E-state index contributed by atoms with van der Waals surface area (Å²) in [6, 6.07) is 8.18. The van der Waals surface area contributed by atoms with Gasteiger partial charge in [0.2, 0.25) is 5.95 Å². The van der Waals surface area contributed by atoms with Crippen molar-refractivity contribution in [1.82, 2.24) is 9.55 Å². The van der Waals surface area contributed by atoms with E-state index in [0.29, 0.717) is 12.5 Å². The van der Waals surface area contributed by atoms with Gasteiger partial charge in [-0.05, 0) is 56.7 Å². The molecule has 3 aromatic rings. The molecule has 1 aromatic carbocycles. The Morgan fingerprint density at radius 3 is 2.72 bits per heavy atom. The number of anilines is 2. The molecule has 0 spiro atoms. The topological polar surface area (TPSA) is 46.9 Å². The molecule has 0 amide bonds. The predicted molar refractivity (Wildman–Crippen MR) is 105 cm³/mol. The molecule has 5 heteroatoms. The van der Waals surface area contributed by atoms with E-state index in [0.717, 1.165) is 35.2 Å². The summed E-state index contributed by atoms with van der Waals surface area (Å²) in [7, 11) is 0. The molecule has 130 valence electrons. The fourth-order valence-electron chi connectivity index (χ4n) is 3.53. The molecule has 4 rings (SSSR count). The molecule has 0 bridgehead atoms. The molecule has 2 aromatic heterocycles. The maximum Gasteiger partial charge on any atom is 0.263 e. The lowest BCUT2D eigenvalue weighted by Crippen LogP contribution is -2.24. The number of hydrogen-bond donors (Lipinski definition) is 1. The van der Waals surface area contributed by atoms with Crippen LogP contribution in [0.15, 0.2) is 29.1 Å². The Bertz CT molecular complexity index is 969. The molecule has 1 aliphatic carbocycles. The average molecular weight is 353 g/mol. The SMILES string of the molecule is CCCn1c(Nc2ccc(C)cc2)nc2sc3c(c2c1=O)CCCC3. The van der Waals surface area contributed by atoms with Crippen LogP contribution in [0, 0.1) is 6.92 Å². The molecule has 2 heterocycles. The summed E-state index contributed by atoms with van der Waals surface area (Å²) in [4.78, 5) is 20.3. The van der Waals surface area contributed by atoms with Gasteiger partial charge in [0.15, 0.2) is 0 Å². The van der Waals surface area contributed by atoms with E-state index in [1.807, 2.05) is 16.7 Å². The van der Waals surface area contributed by atoms with Gasteiger partial charge in [-0.2, -0.15) is 0 Å². The molecule has 0 aliphatic heterocycles. The Morgan fingerprint density at radius 1 is 1.20 bits per heavy atom. The van der Waals surface area contributed by atoms with Gasteiger partial charge in [-0.25, -0.2) is 4.98 Å². The molecule has 0 unspecified atom stereocenters. The zero-order valence-corrected chi connectivity index (χ0v) is 15.6. The fourth-order valence-corrected chi connectivity index (χ4v) is 4.78. The lowest BCUT2D eigenvalue weighted by Gasteiger charge is -2.14. The van der Waals surface area contributed by atoms with E-state index in [4.69, 9.17) is 4.98 Å². The summed E-state index contributed by atoms with van der Waals surface area (Å²) in [5, 5.41) is 4.22. The lowest BCUT2D eigenvalue weighted by atomic mass is 9.97. The summed E-state index contributed by atoms with van der Waals surface area (Å²) in [6.45, 7) is 4.84. The first kappa shape index (κ1) is 16.3. The highest BCUT2D eigenvalue weighted by Crippen LogP contribution is 2.34. The van der Waals surface area contributed by atoms with Gasteiger partial charge < -0.3 is 5.32 Å². The molecular weight excluding hydrogens is 330 g/mol. The maximum atomic E-state index is 13.2. The molecule has 1 N–H and O–H groups in total. The van der Waals surface area contributed by atoms with Crippen LogP contribution >= 0.6 is 11.3 Å². The van der Waals surface area contributed by atoms with Crippen LogP contribution in [0.4, 0.5) is 11.6 Å². The molecule has 4 nitrogen and oxygen atoms in total. The van der Waals surface area contributed by atoms with Crippen molar-refractivity contribution in [2.45, 2.75) is 52.5 Å². The number of nitrogens with zero attached hydrogens (tertiary/aromatic N) is 2. The molecule has 0 radical (unpaired) electrons. The Morgan fingerprint density at radius 2 is 1.96 bits per heavy atom.